The lowest BCUT2D eigenvalue weighted by molar-refractivity contribution is -0.125. The van der Waals surface area contributed by atoms with Gasteiger partial charge < -0.3 is 4.90 Å². The number of carbonyl (C=O) groups is 1. The molecule has 1 unspecified atom stereocenters. The summed E-state index contributed by atoms with van der Waals surface area (Å²) in [6, 6.07) is 0. The van der Waals surface area contributed by atoms with Gasteiger partial charge in [0, 0.05) is 13.6 Å². The molecule has 0 bridgehead atoms. The molecule has 1 heterocycles. The Labute approximate surface area is 80.9 Å². The molecule has 3 nitrogen and oxygen atoms in total. The van der Waals surface area contributed by atoms with Crippen LogP contribution in [0.5, 0.6) is 0 Å². The Kier molecular flexibility index (Phi) is 3.12. The van der Waals surface area contributed by atoms with Crippen molar-refractivity contribution >= 4 is 28.5 Å². The molecule has 0 aromatic rings. The monoisotopic (exact) mass is 268 g/mol. The normalized spacial score (nSPS) is 26.6. The van der Waals surface area contributed by atoms with Crippen molar-refractivity contribution in [1.82, 2.24) is 9.80 Å². The fourth-order valence-electron chi connectivity index (χ4n) is 1.20. The molecule has 0 saturated carbocycles. The third-order valence-electron chi connectivity index (χ3n) is 1.86. The van der Waals surface area contributed by atoms with Crippen molar-refractivity contribution in [1.29, 1.82) is 0 Å². The fourth-order valence-corrected chi connectivity index (χ4v) is 1.98. The molecule has 0 aromatic heterocycles. The molecule has 0 spiro atoms. The first-order valence-corrected chi connectivity index (χ1v) is 5.05. The summed E-state index contributed by atoms with van der Waals surface area (Å²) in [6.45, 7) is 3.74. The zero-order valence-corrected chi connectivity index (χ0v) is 9.04. The van der Waals surface area contributed by atoms with Crippen LogP contribution in [-0.2, 0) is 4.79 Å². The Bertz CT molecular complexity index is 163. The molecule has 1 fully saturated rings. The van der Waals surface area contributed by atoms with E-state index in [1.807, 2.05) is 7.05 Å². The summed E-state index contributed by atoms with van der Waals surface area (Å²) in [4.78, 5) is 15.1. The van der Waals surface area contributed by atoms with Crippen LogP contribution < -0.4 is 0 Å². The van der Waals surface area contributed by atoms with Crippen LogP contribution in [0, 0.1) is 0 Å². The molecule has 1 amide bonds. The molecule has 1 aliphatic rings. The summed E-state index contributed by atoms with van der Waals surface area (Å²) >= 11 is 2.29. The van der Waals surface area contributed by atoms with Gasteiger partial charge in [-0.15, -0.1) is 0 Å². The molecule has 11 heavy (non-hydrogen) atoms. The molecular weight excluding hydrogens is 255 g/mol. The molecule has 0 N–H and O–H groups in total. The fraction of sp³-hybridized carbons (Fsp3) is 0.857. The van der Waals surface area contributed by atoms with E-state index in [1.54, 1.807) is 4.90 Å². The minimum Gasteiger partial charge on any atom is -0.320 e. The number of hydrogen-bond acceptors (Lipinski definition) is 2. The van der Waals surface area contributed by atoms with Crippen LogP contribution in [0.3, 0.4) is 0 Å². The smallest absolute Gasteiger partial charge is 0.238 e. The SMILES string of the molecule is CCCN1CC(=O)N(C)C1I. The third-order valence-corrected chi connectivity index (χ3v) is 3.49. The number of halogens is 1. The van der Waals surface area contributed by atoms with Gasteiger partial charge in [-0.2, -0.15) is 0 Å². The van der Waals surface area contributed by atoms with Crippen LogP contribution >= 0.6 is 22.6 Å². The molecule has 4 heteroatoms. The zero-order chi connectivity index (χ0) is 8.43. The minimum absolute atomic E-state index is 0.234. The van der Waals surface area contributed by atoms with E-state index in [0.29, 0.717) is 6.54 Å². The average Bonchev–Trinajstić information content (AvgIpc) is 2.19. The molecule has 1 rings (SSSR count). The van der Waals surface area contributed by atoms with Crippen molar-refractivity contribution < 1.29 is 4.79 Å². The first-order chi connectivity index (χ1) is 5.16. The second kappa shape index (κ2) is 3.71. The first-order valence-electron chi connectivity index (χ1n) is 3.80. The van der Waals surface area contributed by atoms with Gasteiger partial charge in [-0.1, -0.05) is 6.92 Å². The van der Waals surface area contributed by atoms with E-state index in [2.05, 4.69) is 34.4 Å². The molecule has 0 aromatic carbocycles. The molecule has 1 saturated heterocycles. The lowest BCUT2D eigenvalue weighted by Gasteiger charge is -2.20. The quantitative estimate of drug-likeness (QED) is 0.422. The second-order valence-electron chi connectivity index (χ2n) is 2.79. The predicted octanol–water partition coefficient (Wildman–Crippen LogP) is 0.889. The Hall–Kier alpha value is 0.160. The minimum atomic E-state index is 0.234. The maximum absolute atomic E-state index is 11.1. The van der Waals surface area contributed by atoms with Crippen molar-refractivity contribution in [2.24, 2.45) is 0 Å². The standard InChI is InChI=1S/C7H13IN2O/c1-3-4-10-5-6(11)9(2)7(10)8/h7H,3-5H2,1-2H3. The van der Waals surface area contributed by atoms with Crippen LogP contribution in [0.2, 0.25) is 0 Å². The van der Waals surface area contributed by atoms with Crippen LogP contribution in [0.4, 0.5) is 0 Å². The van der Waals surface area contributed by atoms with E-state index in [0.717, 1.165) is 13.0 Å². The summed E-state index contributed by atoms with van der Waals surface area (Å²) in [5.41, 5.74) is 0. The third kappa shape index (κ3) is 1.84. The van der Waals surface area contributed by atoms with Gasteiger partial charge in [-0.25, -0.2) is 0 Å². The van der Waals surface area contributed by atoms with Gasteiger partial charge in [0.15, 0.2) is 0 Å². The number of carbonyl (C=O) groups excluding carboxylic acids is 1. The van der Waals surface area contributed by atoms with Gasteiger partial charge in [0.05, 0.1) is 6.54 Å². The van der Waals surface area contributed by atoms with Crippen LogP contribution in [0.25, 0.3) is 0 Å². The Morgan fingerprint density at radius 1 is 1.73 bits per heavy atom. The van der Waals surface area contributed by atoms with Crippen molar-refractivity contribution in [3.8, 4) is 0 Å². The highest BCUT2D eigenvalue weighted by Crippen LogP contribution is 2.19. The Morgan fingerprint density at radius 3 is 2.73 bits per heavy atom. The van der Waals surface area contributed by atoms with Crippen LogP contribution in [0.1, 0.15) is 13.3 Å². The molecule has 1 atom stereocenters. The lowest BCUT2D eigenvalue weighted by atomic mass is 10.4. The first kappa shape index (κ1) is 9.25. The topological polar surface area (TPSA) is 23.6 Å². The maximum atomic E-state index is 11.1. The van der Waals surface area contributed by atoms with Crippen LogP contribution in [0.15, 0.2) is 0 Å². The second-order valence-corrected chi connectivity index (χ2v) is 3.90. The molecule has 1 aliphatic heterocycles. The highest BCUT2D eigenvalue weighted by atomic mass is 127. The van der Waals surface area contributed by atoms with E-state index in [4.69, 9.17) is 0 Å². The van der Waals surface area contributed by atoms with Gasteiger partial charge in [0.2, 0.25) is 5.91 Å². The summed E-state index contributed by atoms with van der Waals surface area (Å²) in [5.74, 6) is 0.234. The number of nitrogens with zero attached hydrogens (tertiary/aromatic N) is 2. The molecule has 64 valence electrons. The van der Waals surface area contributed by atoms with Crippen molar-refractivity contribution in [3.05, 3.63) is 0 Å². The maximum Gasteiger partial charge on any atom is 0.238 e. The zero-order valence-electron chi connectivity index (χ0n) is 6.88. The highest BCUT2D eigenvalue weighted by Gasteiger charge is 2.31. The van der Waals surface area contributed by atoms with E-state index in [9.17, 15) is 4.79 Å². The van der Waals surface area contributed by atoms with Gasteiger partial charge in [-0.3, -0.25) is 9.69 Å². The van der Waals surface area contributed by atoms with E-state index >= 15 is 0 Å². The van der Waals surface area contributed by atoms with E-state index in [-0.39, 0.29) is 10.1 Å². The molecule has 0 radical (unpaired) electrons. The number of amides is 1. The van der Waals surface area contributed by atoms with Gasteiger partial charge in [-0.05, 0) is 29.0 Å². The van der Waals surface area contributed by atoms with Gasteiger partial charge >= 0.3 is 0 Å². The number of rotatable bonds is 2. The van der Waals surface area contributed by atoms with Crippen molar-refractivity contribution in [3.63, 3.8) is 0 Å². The number of alkyl halides is 1. The summed E-state index contributed by atoms with van der Waals surface area (Å²) < 4.78 is 0.264. The Morgan fingerprint density at radius 2 is 2.36 bits per heavy atom. The van der Waals surface area contributed by atoms with Crippen molar-refractivity contribution in [2.75, 3.05) is 20.1 Å². The van der Waals surface area contributed by atoms with E-state index in [1.165, 1.54) is 0 Å². The average molecular weight is 268 g/mol. The summed E-state index contributed by atoms with van der Waals surface area (Å²) in [5, 5.41) is 0. The van der Waals surface area contributed by atoms with Crippen molar-refractivity contribution in [2.45, 2.75) is 17.5 Å². The Balaban J connectivity index is 2.52. The largest absolute Gasteiger partial charge is 0.320 e. The highest BCUT2D eigenvalue weighted by molar-refractivity contribution is 14.1. The van der Waals surface area contributed by atoms with Gasteiger partial charge in [0.25, 0.3) is 0 Å². The number of hydrogen-bond donors (Lipinski definition) is 0. The van der Waals surface area contributed by atoms with E-state index < -0.39 is 0 Å². The molecular formula is C7H13IN2O. The van der Waals surface area contributed by atoms with Crippen LogP contribution in [-0.4, -0.2) is 40.0 Å². The number of likely N-dealkylation sites (N-methyl/N-ethyl adjacent to an activating group) is 1. The predicted molar refractivity (Wildman–Crippen MR) is 52.4 cm³/mol. The summed E-state index contributed by atoms with van der Waals surface area (Å²) in [7, 11) is 1.86. The summed E-state index contributed by atoms with van der Waals surface area (Å²) in [6.07, 6.45) is 1.11. The van der Waals surface area contributed by atoms with Gasteiger partial charge in [0.1, 0.15) is 4.17 Å². The lowest BCUT2D eigenvalue weighted by Crippen LogP contribution is -2.32. The molecule has 0 aliphatic carbocycles.